The van der Waals surface area contributed by atoms with Gasteiger partial charge in [-0.2, -0.15) is 4.39 Å². The highest BCUT2D eigenvalue weighted by atomic mass is 32.2. The molecule has 0 bridgehead atoms. The molecule has 4 rings (SSSR count). The van der Waals surface area contributed by atoms with Crippen molar-refractivity contribution in [2.75, 3.05) is 5.32 Å². The van der Waals surface area contributed by atoms with Crippen LogP contribution >= 0.6 is 0 Å². The highest BCUT2D eigenvalue weighted by Crippen LogP contribution is 2.25. The number of pyridine rings is 1. The standard InChI is InChI=1S/C19H18FN7O2S/c1-11(2)27-10-23-17-16(27)9-15(25-18(17)20)14-7-8-22-19(26-14)24-12-3-5-13(6-4-12)30(21,28)29/h3-11H,1-2H3,(H2,21,28,29)(H,22,24,26). The Morgan fingerprint density at radius 2 is 1.80 bits per heavy atom. The molecule has 4 aromatic rings. The van der Waals surface area contributed by atoms with Crippen LogP contribution < -0.4 is 10.5 Å². The van der Waals surface area contributed by atoms with Crippen LogP contribution in [0.1, 0.15) is 19.9 Å². The Balaban J connectivity index is 1.67. The lowest BCUT2D eigenvalue weighted by atomic mass is 10.2. The first-order valence-corrected chi connectivity index (χ1v) is 10.5. The van der Waals surface area contributed by atoms with Gasteiger partial charge in [-0.3, -0.25) is 0 Å². The van der Waals surface area contributed by atoms with Gasteiger partial charge < -0.3 is 9.88 Å². The minimum atomic E-state index is -3.77. The number of rotatable bonds is 5. The van der Waals surface area contributed by atoms with Gasteiger partial charge in [-0.15, -0.1) is 0 Å². The average Bonchev–Trinajstić information content (AvgIpc) is 3.13. The maximum atomic E-state index is 14.5. The van der Waals surface area contributed by atoms with E-state index in [1.807, 2.05) is 18.4 Å². The maximum absolute atomic E-state index is 14.5. The van der Waals surface area contributed by atoms with Crippen LogP contribution in [0.3, 0.4) is 0 Å². The lowest BCUT2D eigenvalue weighted by molar-refractivity contribution is 0.594. The second-order valence-electron chi connectivity index (χ2n) is 6.87. The lowest BCUT2D eigenvalue weighted by Crippen LogP contribution is -2.11. The lowest BCUT2D eigenvalue weighted by Gasteiger charge is -2.10. The number of nitrogens with two attached hydrogens (primary N) is 1. The summed E-state index contributed by atoms with van der Waals surface area (Å²) in [6.45, 7) is 3.96. The minimum absolute atomic E-state index is 0.00235. The van der Waals surface area contributed by atoms with Crippen LogP contribution in [-0.2, 0) is 10.0 Å². The van der Waals surface area contributed by atoms with Gasteiger partial charge in [-0.1, -0.05) is 0 Å². The van der Waals surface area contributed by atoms with E-state index in [1.54, 1.807) is 30.6 Å². The molecule has 1 aromatic carbocycles. The number of primary sulfonamides is 1. The van der Waals surface area contributed by atoms with Crippen molar-refractivity contribution in [3.63, 3.8) is 0 Å². The van der Waals surface area contributed by atoms with E-state index >= 15 is 0 Å². The van der Waals surface area contributed by atoms with E-state index in [1.165, 1.54) is 18.3 Å². The number of halogens is 1. The zero-order chi connectivity index (χ0) is 21.5. The SMILES string of the molecule is CC(C)n1cnc2c(F)nc(-c3ccnc(Nc4ccc(S(N)(=O)=O)cc4)n3)cc21. The number of aromatic nitrogens is 5. The summed E-state index contributed by atoms with van der Waals surface area (Å²) in [4.78, 5) is 16.6. The van der Waals surface area contributed by atoms with Crippen molar-refractivity contribution in [3.05, 3.63) is 54.9 Å². The first kappa shape index (κ1) is 19.9. The molecule has 0 aliphatic rings. The molecule has 154 valence electrons. The Morgan fingerprint density at radius 3 is 2.47 bits per heavy atom. The molecule has 3 heterocycles. The van der Waals surface area contributed by atoms with E-state index in [-0.39, 0.29) is 22.4 Å². The Bertz CT molecular complexity index is 1340. The van der Waals surface area contributed by atoms with Gasteiger partial charge in [0.1, 0.15) is 5.52 Å². The van der Waals surface area contributed by atoms with Crippen molar-refractivity contribution in [2.45, 2.75) is 24.8 Å². The van der Waals surface area contributed by atoms with Gasteiger partial charge in [0.2, 0.25) is 21.9 Å². The molecule has 0 saturated heterocycles. The van der Waals surface area contributed by atoms with Gasteiger partial charge in [0.15, 0.2) is 0 Å². The van der Waals surface area contributed by atoms with Crippen LogP contribution in [0.2, 0.25) is 0 Å². The summed E-state index contributed by atoms with van der Waals surface area (Å²) in [5.74, 6) is -0.427. The van der Waals surface area contributed by atoms with Crippen LogP contribution in [0, 0.1) is 5.95 Å². The summed E-state index contributed by atoms with van der Waals surface area (Å²) >= 11 is 0. The zero-order valence-electron chi connectivity index (χ0n) is 16.1. The largest absolute Gasteiger partial charge is 0.328 e. The monoisotopic (exact) mass is 427 g/mol. The maximum Gasteiger partial charge on any atom is 0.241 e. The molecule has 0 spiro atoms. The van der Waals surface area contributed by atoms with E-state index in [0.717, 1.165) is 0 Å². The van der Waals surface area contributed by atoms with E-state index in [2.05, 4.69) is 25.3 Å². The smallest absolute Gasteiger partial charge is 0.241 e. The fourth-order valence-corrected chi connectivity index (χ4v) is 3.47. The quantitative estimate of drug-likeness (QED) is 0.468. The average molecular weight is 427 g/mol. The molecule has 3 N–H and O–H groups in total. The van der Waals surface area contributed by atoms with Gasteiger partial charge in [0.25, 0.3) is 0 Å². The number of benzene rings is 1. The molecule has 0 aliphatic heterocycles. The molecule has 30 heavy (non-hydrogen) atoms. The summed E-state index contributed by atoms with van der Waals surface area (Å²) < 4.78 is 39.1. The topological polar surface area (TPSA) is 129 Å². The Kier molecular flexibility index (Phi) is 4.92. The van der Waals surface area contributed by atoms with E-state index < -0.39 is 16.0 Å². The van der Waals surface area contributed by atoms with Crippen LogP contribution in [0.5, 0.6) is 0 Å². The number of hydrogen-bond donors (Lipinski definition) is 2. The number of nitrogens with one attached hydrogen (secondary N) is 1. The third-order valence-corrected chi connectivity index (χ3v) is 5.36. The Labute approximate surface area is 171 Å². The normalized spacial score (nSPS) is 11.9. The highest BCUT2D eigenvalue weighted by Gasteiger charge is 2.15. The minimum Gasteiger partial charge on any atom is -0.328 e. The molecule has 11 heteroatoms. The molecular formula is C19H18FN7O2S. The van der Waals surface area contributed by atoms with E-state index in [9.17, 15) is 12.8 Å². The van der Waals surface area contributed by atoms with E-state index in [4.69, 9.17) is 5.14 Å². The van der Waals surface area contributed by atoms with Gasteiger partial charge in [0, 0.05) is 17.9 Å². The molecule has 3 aromatic heterocycles. The number of anilines is 2. The number of fused-ring (bicyclic) bond motifs is 1. The van der Waals surface area contributed by atoms with Crippen LogP contribution in [0.15, 0.2) is 53.8 Å². The Morgan fingerprint density at radius 1 is 1.07 bits per heavy atom. The molecule has 0 saturated carbocycles. The first-order chi connectivity index (χ1) is 14.2. The van der Waals surface area contributed by atoms with Crippen LogP contribution in [-0.4, -0.2) is 32.9 Å². The molecule has 0 radical (unpaired) electrons. The summed E-state index contributed by atoms with van der Waals surface area (Å²) in [5, 5.41) is 8.07. The van der Waals surface area contributed by atoms with E-state index in [0.29, 0.717) is 22.6 Å². The summed E-state index contributed by atoms with van der Waals surface area (Å²) in [7, 11) is -3.77. The third kappa shape index (κ3) is 3.84. The van der Waals surface area contributed by atoms with Crippen molar-refractivity contribution >= 4 is 32.7 Å². The zero-order valence-corrected chi connectivity index (χ0v) is 16.9. The Hall–Kier alpha value is -3.44. The molecule has 0 fully saturated rings. The molecule has 0 atom stereocenters. The van der Waals surface area contributed by atoms with Crippen molar-refractivity contribution < 1.29 is 12.8 Å². The number of nitrogens with zero attached hydrogens (tertiary/aromatic N) is 5. The second kappa shape index (κ2) is 7.43. The van der Waals surface area contributed by atoms with Crippen molar-refractivity contribution in [2.24, 2.45) is 5.14 Å². The van der Waals surface area contributed by atoms with Crippen LogP contribution in [0.4, 0.5) is 16.0 Å². The molecule has 0 aliphatic carbocycles. The molecule has 9 nitrogen and oxygen atoms in total. The molecular weight excluding hydrogens is 409 g/mol. The number of imidazole rings is 1. The fraction of sp³-hybridized carbons (Fsp3) is 0.158. The van der Waals surface area contributed by atoms with Crippen molar-refractivity contribution in [3.8, 4) is 11.4 Å². The third-order valence-electron chi connectivity index (χ3n) is 4.43. The fourth-order valence-electron chi connectivity index (χ4n) is 2.95. The predicted octanol–water partition coefficient (Wildman–Crippen LogP) is 3.00. The first-order valence-electron chi connectivity index (χ1n) is 8.99. The number of hydrogen-bond acceptors (Lipinski definition) is 7. The van der Waals surface area contributed by atoms with Gasteiger partial charge in [-0.25, -0.2) is 33.5 Å². The summed E-state index contributed by atoms with van der Waals surface area (Å²) in [6, 6.07) is 9.30. The highest BCUT2D eigenvalue weighted by molar-refractivity contribution is 7.89. The number of sulfonamides is 1. The van der Waals surface area contributed by atoms with Crippen molar-refractivity contribution in [1.29, 1.82) is 0 Å². The van der Waals surface area contributed by atoms with Crippen LogP contribution in [0.25, 0.3) is 22.4 Å². The van der Waals surface area contributed by atoms with Gasteiger partial charge >= 0.3 is 0 Å². The van der Waals surface area contributed by atoms with Crippen molar-refractivity contribution in [1.82, 2.24) is 24.5 Å². The summed E-state index contributed by atoms with van der Waals surface area (Å²) in [5.41, 5.74) is 2.16. The second-order valence-corrected chi connectivity index (χ2v) is 8.43. The van der Waals surface area contributed by atoms with Gasteiger partial charge in [-0.05, 0) is 50.2 Å². The van der Waals surface area contributed by atoms with Gasteiger partial charge in [0.05, 0.1) is 28.1 Å². The predicted molar refractivity (Wildman–Crippen MR) is 110 cm³/mol. The molecule has 0 unspecified atom stereocenters. The summed E-state index contributed by atoms with van der Waals surface area (Å²) in [6.07, 6.45) is 3.11. The molecule has 0 amide bonds.